The topological polar surface area (TPSA) is 77.4 Å². The third-order valence-corrected chi connectivity index (χ3v) is 5.78. The normalized spacial score (nSPS) is 14.2. The smallest absolute Gasteiger partial charge is 0.748 e. The Morgan fingerprint density at radius 1 is 0.750 bits per heavy atom. The minimum Gasteiger partial charge on any atom is -0.748 e. The van der Waals surface area contributed by atoms with Gasteiger partial charge in [-0.3, -0.25) is 0 Å². The van der Waals surface area contributed by atoms with Crippen molar-refractivity contribution in [3.05, 3.63) is 0 Å². The maximum Gasteiger partial charge on any atom is 1.00 e. The van der Waals surface area contributed by atoms with Gasteiger partial charge in [-0.25, -0.2) is 8.42 Å². The standard InChI is InChI=1S/C18H38O4S.K/c1-3-5-7-8-9-11-13-17(19)14-12-16-18(23(20,21)22)15-10-6-4-2;/h17-19H,3-16H2,1-2H3,(H,20,21,22);/q;+1/p-1. The Hall–Kier alpha value is 1.51. The number of unbranched alkanes of at least 4 members (excludes halogenated alkanes) is 7. The van der Waals surface area contributed by atoms with Crippen LogP contribution in [-0.2, 0) is 10.1 Å². The van der Waals surface area contributed by atoms with E-state index in [9.17, 15) is 18.1 Å². The summed E-state index contributed by atoms with van der Waals surface area (Å²) < 4.78 is 33.8. The predicted molar refractivity (Wildman–Crippen MR) is 95.5 cm³/mol. The summed E-state index contributed by atoms with van der Waals surface area (Å²) in [7, 11) is -4.20. The van der Waals surface area contributed by atoms with E-state index in [-0.39, 0.29) is 57.5 Å². The summed E-state index contributed by atoms with van der Waals surface area (Å²) in [6, 6.07) is 0. The van der Waals surface area contributed by atoms with E-state index in [0.29, 0.717) is 25.7 Å². The quantitative estimate of drug-likeness (QED) is 0.248. The Morgan fingerprint density at radius 3 is 1.75 bits per heavy atom. The molecule has 0 aliphatic rings. The molecule has 1 N–H and O–H groups in total. The van der Waals surface area contributed by atoms with E-state index in [2.05, 4.69) is 13.8 Å². The average molecular weight is 389 g/mol. The maximum atomic E-state index is 11.3. The predicted octanol–water partition coefficient (Wildman–Crippen LogP) is 1.77. The molecule has 4 nitrogen and oxygen atoms in total. The van der Waals surface area contributed by atoms with E-state index >= 15 is 0 Å². The number of aliphatic hydroxyl groups excluding tert-OH is 1. The van der Waals surface area contributed by atoms with Crippen molar-refractivity contribution >= 4 is 10.1 Å². The third-order valence-electron chi connectivity index (χ3n) is 4.49. The van der Waals surface area contributed by atoms with Crippen LogP contribution in [-0.4, -0.2) is 29.4 Å². The van der Waals surface area contributed by atoms with Crippen molar-refractivity contribution in [1.82, 2.24) is 0 Å². The number of hydrogen-bond acceptors (Lipinski definition) is 4. The van der Waals surface area contributed by atoms with Crippen molar-refractivity contribution in [2.75, 3.05) is 0 Å². The molecule has 0 saturated heterocycles. The van der Waals surface area contributed by atoms with Crippen molar-refractivity contribution in [1.29, 1.82) is 0 Å². The zero-order valence-electron chi connectivity index (χ0n) is 16.1. The first-order chi connectivity index (χ1) is 10.9. The SMILES string of the molecule is CCCCCCCCC(O)CCCC(CCCCC)S(=O)(=O)[O-].[K+]. The van der Waals surface area contributed by atoms with E-state index < -0.39 is 15.4 Å². The second kappa shape index (κ2) is 17.9. The molecular weight excluding hydrogens is 351 g/mol. The van der Waals surface area contributed by atoms with Gasteiger partial charge >= 0.3 is 51.4 Å². The van der Waals surface area contributed by atoms with Crippen LogP contribution in [0, 0.1) is 0 Å². The Kier molecular flexibility index (Phi) is 20.7. The van der Waals surface area contributed by atoms with Gasteiger partial charge in [-0.1, -0.05) is 71.6 Å². The number of aliphatic hydroxyl groups is 1. The van der Waals surface area contributed by atoms with E-state index in [1.807, 2.05) is 0 Å². The van der Waals surface area contributed by atoms with Crippen LogP contribution >= 0.6 is 0 Å². The van der Waals surface area contributed by atoms with Crippen LogP contribution in [0.5, 0.6) is 0 Å². The van der Waals surface area contributed by atoms with E-state index in [1.54, 1.807) is 0 Å². The van der Waals surface area contributed by atoms with Crippen molar-refractivity contribution in [2.24, 2.45) is 0 Å². The molecule has 0 fully saturated rings. The molecule has 24 heavy (non-hydrogen) atoms. The average Bonchev–Trinajstić information content (AvgIpc) is 2.48. The molecule has 0 spiro atoms. The summed E-state index contributed by atoms with van der Waals surface area (Å²) in [4.78, 5) is 0. The van der Waals surface area contributed by atoms with Crippen molar-refractivity contribution < 1.29 is 69.5 Å². The molecule has 0 radical (unpaired) electrons. The number of hydrogen-bond donors (Lipinski definition) is 1. The first kappa shape index (κ1) is 27.7. The summed E-state index contributed by atoms with van der Waals surface area (Å²) in [5.74, 6) is 0. The van der Waals surface area contributed by atoms with E-state index in [4.69, 9.17) is 0 Å². The Bertz CT molecular complexity index is 360. The van der Waals surface area contributed by atoms with E-state index in [1.165, 1.54) is 25.7 Å². The second-order valence-corrected chi connectivity index (χ2v) is 8.40. The fraction of sp³-hybridized carbons (Fsp3) is 1.00. The van der Waals surface area contributed by atoms with Crippen LogP contribution < -0.4 is 51.4 Å². The molecule has 0 bridgehead atoms. The molecule has 0 heterocycles. The third kappa shape index (κ3) is 16.9. The van der Waals surface area contributed by atoms with Crippen LogP contribution in [0.4, 0.5) is 0 Å². The zero-order chi connectivity index (χ0) is 17.6. The molecule has 0 aliphatic carbocycles. The largest absolute Gasteiger partial charge is 1.00 e. The minimum absolute atomic E-state index is 0. The van der Waals surface area contributed by atoms with Crippen LogP contribution in [0.1, 0.15) is 104 Å². The van der Waals surface area contributed by atoms with Crippen LogP contribution in [0.15, 0.2) is 0 Å². The van der Waals surface area contributed by atoms with Gasteiger partial charge in [-0.2, -0.15) is 0 Å². The summed E-state index contributed by atoms with van der Waals surface area (Å²) in [6.07, 6.45) is 12.5. The Balaban J connectivity index is 0. The van der Waals surface area contributed by atoms with Crippen molar-refractivity contribution in [3.8, 4) is 0 Å². The molecule has 0 aromatic carbocycles. The molecule has 0 aromatic heterocycles. The minimum atomic E-state index is -4.20. The van der Waals surface area contributed by atoms with E-state index in [0.717, 1.165) is 38.5 Å². The van der Waals surface area contributed by atoms with Crippen LogP contribution in [0.3, 0.4) is 0 Å². The van der Waals surface area contributed by atoms with Gasteiger partial charge in [-0.05, 0) is 32.1 Å². The van der Waals surface area contributed by atoms with Gasteiger partial charge in [0.25, 0.3) is 0 Å². The molecule has 0 aromatic rings. The Labute approximate surface area is 192 Å². The summed E-state index contributed by atoms with van der Waals surface area (Å²) >= 11 is 0. The molecule has 0 aliphatic heterocycles. The van der Waals surface area contributed by atoms with Gasteiger partial charge in [0.2, 0.25) is 0 Å². The molecule has 140 valence electrons. The van der Waals surface area contributed by atoms with Gasteiger partial charge in [0.05, 0.1) is 16.2 Å². The van der Waals surface area contributed by atoms with Gasteiger partial charge in [-0.15, -0.1) is 0 Å². The molecule has 0 rings (SSSR count). The maximum absolute atomic E-state index is 11.3. The molecule has 2 unspecified atom stereocenters. The molecular formula is C18H37KO4S. The van der Waals surface area contributed by atoms with Crippen LogP contribution in [0.2, 0.25) is 0 Å². The fourth-order valence-electron chi connectivity index (χ4n) is 2.94. The van der Waals surface area contributed by atoms with Crippen LogP contribution in [0.25, 0.3) is 0 Å². The first-order valence-corrected chi connectivity index (χ1v) is 11.0. The first-order valence-electron chi connectivity index (χ1n) is 9.54. The molecule has 0 saturated carbocycles. The van der Waals surface area contributed by atoms with Crippen molar-refractivity contribution in [3.63, 3.8) is 0 Å². The second-order valence-electron chi connectivity index (χ2n) is 6.75. The molecule has 0 amide bonds. The molecule has 6 heteroatoms. The van der Waals surface area contributed by atoms with Gasteiger partial charge < -0.3 is 9.66 Å². The Morgan fingerprint density at radius 2 is 1.17 bits per heavy atom. The van der Waals surface area contributed by atoms with Gasteiger partial charge in [0.15, 0.2) is 0 Å². The van der Waals surface area contributed by atoms with Gasteiger partial charge in [0, 0.05) is 5.25 Å². The summed E-state index contributed by atoms with van der Waals surface area (Å²) in [5, 5.41) is 9.19. The zero-order valence-corrected chi connectivity index (χ0v) is 20.1. The monoisotopic (exact) mass is 388 g/mol. The number of rotatable bonds is 16. The van der Waals surface area contributed by atoms with Gasteiger partial charge in [0.1, 0.15) is 0 Å². The molecule has 2 atom stereocenters. The summed E-state index contributed by atoms with van der Waals surface area (Å²) in [5.41, 5.74) is 0. The summed E-state index contributed by atoms with van der Waals surface area (Å²) in [6.45, 7) is 4.25. The fourth-order valence-corrected chi connectivity index (χ4v) is 3.85. The van der Waals surface area contributed by atoms with Crippen molar-refractivity contribution in [2.45, 2.75) is 115 Å².